The third-order valence-corrected chi connectivity index (χ3v) is 3.32. The third-order valence-electron chi connectivity index (χ3n) is 2.15. The van der Waals surface area contributed by atoms with Gasteiger partial charge in [-0.3, -0.25) is 0 Å². The second-order valence-electron chi connectivity index (χ2n) is 3.50. The molecule has 0 aliphatic rings. The summed E-state index contributed by atoms with van der Waals surface area (Å²) in [7, 11) is 0. The summed E-state index contributed by atoms with van der Waals surface area (Å²) in [6.07, 6.45) is 2.73. The fourth-order valence-electron chi connectivity index (χ4n) is 1.37. The average Bonchev–Trinajstić information content (AvgIpc) is 2.30. The zero-order valence-electron chi connectivity index (χ0n) is 9.85. The first-order valence-corrected chi connectivity index (χ1v) is 6.86. The molecule has 0 N–H and O–H groups in total. The average molecular weight is 268 g/mol. The highest BCUT2D eigenvalue weighted by molar-refractivity contribution is 8.32. The van der Waals surface area contributed by atoms with Gasteiger partial charge in [-0.2, -0.15) is 0 Å². The van der Waals surface area contributed by atoms with Crippen LogP contribution in [0.4, 0.5) is 4.79 Å². The van der Waals surface area contributed by atoms with Crippen molar-refractivity contribution < 1.29 is 9.53 Å². The van der Waals surface area contributed by atoms with Gasteiger partial charge in [0.15, 0.2) is 0 Å². The molecule has 0 aliphatic heterocycles. The molecule has 17 heavy (non-hydrogen) atoms. The van der Waals surface area contributed by atoms with E-state index in [4.69, 9.17) is 17.0 Å². The summed E-state index contributed by atoms with van der Waals surface area (Å²) in [5, 5.41) is -0.294. The Morgan fingerprint density at radius 1 is 1.35 bits per heavy atom. The molecule has 0 atom stereocenters. The molecule has 0 saturated heterocycles. The number of thiocarbonyl (C=S) groups is 1. The van der Waals surface area contributed by atoms with E-state index in [2.05, 4.69) is 12.1 Å². The van der Waals surface area contributed by atoms with Gasteiger partial charge in [-0.15, -0.1) is 0 Å². The van der Waals surface area contributed by atoms with Crippen LogP contribution in [0.1, 0.15) is 25.3 Å². The zero-order valence-corrected chi connectivity index (χ0v) is 11.5. The summed E-state index contributed by atoms with van der Waals surface area (Å²) in [5.41, 5.74) is 1.30. The maximum Gasteiger partial charge on any atom is 0.372 e. The second-order valence-corrected chi connectivity index (χ2v) is 5.28. The van der Waals surface area contributed by atoms with Crippen molar-refractivity contribution in [1.29, 1.82) is 0 Å². The number of aryl methyl sites for hydroxylation is 1. The van der Waals surface area contributed by atoms with Crippen LogP contribution in [0, 0.1) is 0 Å². The molecule has 2 nitrogen and oxygen atoms in total. The highest BCUT2D eigenvalue weighted by Crippen LogP contribution is 2.14. The van der Waals surface area contributed by atoms with E-state index in [1.54, 1.807) is 6.92 Å². The van der Waals surface area contributed by atoms with E-state index in [-0.39, 0.29) is 5.30 Å². The molecule has 0 unspecified atom stereocenters. The first-order valence-electron chi connectivity index (χ1n) is 5.63. The smallest absolute Gasteiger partial charge is 0.372 e. The monoisotopic (exact) mass is 268 g/mol. The molecule has 0 spiro atoms. The van der Waals surface area contributed by atoms with E-state index in [9.17, 15) is 4.79 Å². The molecule has 0 aliphatic carbocycles. The van der Waals surface area contributed by atoms with Crippen LogP contribution in [0.5, 0.6) is 0 Å². The SMILES string of the molecule is CCOC(=O)SC(=S)CCCc1ccccc1. The van der Waals surface area contributed by atoms with Gasteiger partial charge >= 0.3 is 5.30 Å². The van der Waals surface area contributed by atoms with Crippen LogP contribution in [-0.4, -0.2) is 16.1 Å². The standard InChI is InChI=1S/C13H16O2S2/c1-2-15-13(14)17-12(16)10-6-9-11-7-4-3-5-8-11/h3-5,7-8H,2,6,9-10H2,1H3. The van der Waals surface area contributed by atoms with Crippen molar-refractivity contribution in [2.24, 2.45) is 0 Å². The molecule has 1 rings (SSSR count). The van der Waals surface area contributed by atoms with E-state index in [0.717, 1.165) is 31.0 Å². The van der Waals surface area contributed by atoms with Gasteiger partial charge in [-0.1, -0.05) is 42.5 Å². The molecule has 0 radical (unpaired) electrons. The highest BCUT2D eigenvalue weighted by Gasteiger charge is 2.07. The largest absolute Gasteiger partial charge is 0.458 e. The van der Waals surface area contributed by atoms with Crippen molar-refractivity contribution in [3.05, 3.63) is 35.9 Å². The Hall–Kier alpha value is -0.870. The Morgan fingerprint density at radius 2 is 2.06 bits per heavy atom. The number of benzene rings is 1. The van der Waals surface area contributed by atoms with Crippen molar-refractivity contribution in [1.82, 2.24) is 0 Å². The lowest BCUT2D eigenvalue weighted by atomic mass is 10.1. The predicted molar refractivity (Wildman–Crippen MR) is 76.6 cm³/mol. The van der Waals surface area contributed by atoms with Gasteiger partial charge in [0.25, 0.3) is 0 Å². The quantitative estimate of drug-likeness (QED) is 0.590. The summed E-state index contributed by atoms with van der Waals surface area (Å²) in [6.45, 7) is 2.19. The van der Waals surface area contributed by atoms with Crippen molar-refractivity contribution in [2.75, 3.05) is 6.61 Å². The summed E-state index contributed by atoms with van der Waals surface area (Å²) in [5.74, 6) is 0. The molecule has 4 heteroatoms. The highest BCUT2D eigenvalue weighted by atomic mass is 32.2. The molecular formula is C13H16O2S2. The predicted octanol–water partition coefficient (Wildman–Crippen LogP) is 4.23. The van der Waals surface area contributed by atoms with Crippen molar-refractivity contribution in [3.8, 4) is 0 Å². The van der Waals surface area contributed by atoms with Crippen LogP contribution in [0.3, 0.4) is 0 Å². The maximum absolute atomic E-state index is 11.1. The third kappa shape index (κ3) is 6.44. The summed E-state index contributed by atoms with van der Waals surface area (Å²) < 4.78 is 5.52. The van der Waals surface area contributed by atoms with Gasteiger partial charge in [0.1, 0.15) is 0 Å². The van der Waals surface area contributed by atoms with Gasteiger partial charge in [0, 0.05) is 11.8 Å². The minimum atomic E-state index is -0.294. The molecule has 92 valence electrons. The molecule has 1 aromatic rings. The Kier molecular flexibility index (Phi) is 6.89. The molecule has 1 aromatic carbocycles. The lowest BCUT2D eigenvalue weighted by Gasteiger charge is -2.03. The molecule has 0 amide bonds. The van der Waals surface area contributed by atoms with Gasteiger partial charge in [-0.25, -0.2) is 4.79 Å². The number of rotatable bonds is 5. The van der Waals surface area contributed by atoms with Gasteiger partial charge in [0.2, 0.25) is 0 Å². The molecule has 0 fully saturated rings. The van der Waals surface area contributed by atoms with E-state index in [1.807, 2.05) is 18.2 Å². The molecule has 0 heterocycles. The van der Waals surface area contributed by atoms with E-state index in [1.165, 1.54) is 5.56 Å². The second kappa shape index (κ2) is 8.25. The normalized spacial score (nSPS) is 9.94. The Balaban J connectivity index is 2.18. The van der Waals surface area contributed by atoms with Gasteiger partial charge in [0.05, 0.1) is 10.8 Å². The van der Waals surface area contributed by atoms with Gasteiger partial charge in [-0.05, 0) is 31.7 Å². The van der Waals surface area contributed by atoms with Crippen LogP contribution >= 0.6 is 24.0 Å². The van der Waals surface area contributed by atoms with Crippen LogP contribution in [0.25, 0.3) is 0 Å². The van der Waals surface area contributed by atoms with Crippen LogP contribution in [-0.2, 0) is 11.2 Å². The molecular weight excluding hydrogens is 252 g/mol. The fourth-order valence-corrected chi connectivity index (χ4v) is 2.33. The Morgan fingerprint density at radius 3 is 2.71 bits per heavy atom. The minimum Gasteiger partial charge on any atom is -0.458 e. The Labute approximate surface area is 112 Å². The summed E-state index contributed by atoms with van der Waals surface area (Å²) in [4.78, 5) is 11.1. The maximum atomic E-state index is 11.1. The molecule has 0 saturated carbocycles. The van der Waals surface area contributed by atoms with Crippen LogP contribution in [0.15, 0.2) is 30.3 Å². The van der Waals surface area contributed by atoms with Crippen molar-refractivity contribution in [2.45, 2.75) is 26.2 Å². The van der Waals surface area contributed by atoms with Crippen molar-refractivity contribution >= 4 is 33.5 Å². The first kappa shape index (κ1) is 14.2. The number of thioether (sulfide) groups is 1. The topological polar surface area (TPSA) is 26.3 Å². The minimum absolute atomic E-state index is 0.294. The lowest BCUT2D eigenvalue weighted by molar-refractivity contribution is 0.182. The summed E-state index contributed by atoms with van der Waals surface area (Å²) in [6, 6.07) is 10.3. The molecule has 0 bridgehead atoms. The number of carbonyl (C=O) groups is 1. The molecule has 0 aromatic heterocycles. The first-order chi connectivity index (χ1) is 8.22. The van der Waals surface area contributed by atoms with Crippen molar-refractivity contribution in [3.63, 3.8) is 0 Å². The lowest BCUT2D eigenvalue weighted by Crippen LogP contribution is -2.01. The Bertz CT molecular complexity index is 363. The van der Waals surface area contributed by atoms with Crippen LogP contribution in [0.2, 0.25) is 0 Å². The number of carbonyl (C=O) groups excluding carboxylic acids is 1. The van der Waals surface area contributed by atoms with Gasteiger partial charge < -0.3 is 4.74 Å². The van der Waals surface area contributed by atoms with E-state index < -0.39 is 0 Å². The van der Waals surface area contributed by atoms with Crippen LogP contribution < -0.4 is 0 Å². The number of hydrogen-bond acceptors (Lipinski definition) is 4. The number of ether oxygens (including phenoxy) is 1. The zero-order chi connectivity index (χ0) is 12.5. The number of hydrogen-bond donors (Lipinski definition) is 0. The van der Waals surface area contributed by atoms with E-state index >= 15 is 0 Å². The van der Waals surface area contributed by atoms with E-state index in [0.29, 0.717) is 10.8 Å². The fraction of sp³-hybridized carbons (Fsp3) is 0.385. The summed E-state index contributed by atoms with van der Waals surface area (Å²) >= 11 is 6.15.